The van der Waals surface area contributed by atoms with Gasteiger partial charge in [0.25, 0.3) is 0 Å². The van der Waals surface area contributed by atoms with Crippen molar-refractivity contribution in [3.8, 4) is 0 Å². The molecule has 5 nitrogen and oxygen atoms in total. The fourth-order valence-corrected chi connectivity index (χ4v) is 1.53. The van der Waals surface area contributed by atoms with E-state index >= 15 is 0 Å². The predicted octanol–water partition coefficient (Wildman–Crippen LogP) is 0.429. The maximum Gasteiger partial charge on any atom is 0.320 e. The number of hydrogen-bond donors (Lipinski definition) is 1. The molecule has 0 saturated carbocycles. The van der Waals surface area contributed by atoms with Gasteiger partial charge in [-0.15, -0.1) is 0 Å². The molecule has 0 aliphatic carbocycles. The van der Waals surface area contributed by atoms with Crippen LogP contribution < -0.4 is 0 Å². The maximum absolute atomic E-state index is 11.1. The number of ether oxygens (including phenoxy) is 2. The highest BCUT2D eigenvalue weighted by molar-refractivity contribution is 5.93. The van der Waals surface area contributed by atoms with Gasteiger partial charge in [0.2, 0.25) is 0 Å². The highest BCUT2D eigenvalue weighted by atomic mass is 16.5. The summed E-state index contributed by atoms with van der Waals surface area (Å²) < 4.78 is 9.67. The van der Waals surface area contributed by atoms with E-state index in [2.05, 4.69) is 4.74 Å². The summed E-state index contributed by atoms with van der Waals surface area (Å²) in [5.41, 5.74) is 0. The summed E-state index contributed by atoms with van der Waals surface area (Å²) in [5.74, 6) is -2.94. The van der Waals surface area contributed by atoms with Crippen molar-refractivity contribution in [3.63, 3.8) is 0 Å². The minimum atomic E-state index is -1.15. The average molecular weight is 202 g/mol. The number of esters is 1. The van der Waals surface area contributed by atoms with Crippen molar-refractivity contribution in [1.82, 2.24) is 0 Å². The summed E-state index contributed by atoms with van der Waals surface area (Å²) in [6, 6.07) is 0. The molecule has 1 aliphatic rings. The van der Waals surface area contributed by atoms with E-state index in [0.29, 0.717) is 6.61 Å². The molecular weight excluding hydrogens is 188 g/mol. The quantitative estimate of drug-likeness (QED) is 0.528. The molecule has 1 rings (SSSR count). The number of carbonyl (C=O) groups is 2. The third-order valence-electron chi connectivity index (χ3n) is 2.31. The van der Waals surface area contributed by atoms with Crippen molar-refractivity contribution in [2.24, 2.45) is 5.92 Å². The van der Waals surface area contributed by atoms with Gasteiger partial charge >= 0.3 is 11.9 Å². The number of methoxy groups -OCH3 is 1. The third-order valence-corrected chi connectivity index (χ3v) is 2.31. The van der Waals surface area contributed by atoms with E-state index in [1.54, 1.807) is 0 Å². The molecule has 0 aromatic heterocycles. The summed E-state index contributed by atoms with van der Waals surface area (Å²) in [6.45, 7) is 0.651. The molecule has 1 saturated heterocycles. The number of rotatable bonds is 4. The molecule has 2 unspecified atom stereocenters. The molecule has 0 aromatic carbocycles. The zero-order chi connectivity index (χ0) is 10.6. The van der Waals surface area contributed by atoms with Crippen molar-refractivity contribution < 1.29 is 24.2 Å². The van der Waals surface area contributed by atoms with Gasteiger partial charge in [0.15, 0.2) is 5.92 Å². The van der Waals surface area contributed by atoms with Crippen LogP contribution in [0.3, 0.4) is 0 Å². The topological polar surface area (TPSA) is 72.8 Å². The van der Waals surface area contributed by atoms with E-state index in [9.17, 15) is 9.59 Å². The first-order valence-corrected chi connectivity index (χ1v) is 4.57. The molecule has 2 atom stereocenters. The Hall–Kier alpha value is -1.10. The van der Waals surface area contributed by atoms with Crippen molar-refractivity contribution in [1.29, 1.82) is 0 Å². The summed E-state index contributed by atoms with van der Waals surface area (Å²) in [6.07, 6.45) is 1.84. The third kappa shape index (κ3) is 2.70. The molecule has 1 N–H and O–H groups in total. The van der Waals surface area contributed by atoms with Crippen LogP contribution in [-0.2, 0) is 19.1 Å². The summed E-state index contributed by atoms with van der Waals surface area (Å²) in [7, 11) is 1.19. The van der Waals surface area contributed by atoms with E-state index in [1.807, 2.05) is 0 Å². The lowest BCUT2D eigenvalue weighted by Gasteiger charge is -2.14. The SMILES string of the molecule is COC(=O)C(CC1CCCO1)C(=O)O. The first-order valence-electron chi connectivity index (χ1n) is 4.57. The van der Waals surface area contributed by atoms with Crippen LogP contribution in [0.4, 0.5) is 0 Å². The Morgan fingerprint density at radius 3 is 2.79 bits per heavy atom. The molecule has 0 amide bonds. The molecule has 1 aliphatic heterocycles. The second kappa shape index (κ2) is 4.95. The molecule has 0 aromatic rings. The van der Waals surface area contributed by atoms with Crippen LogP contribution in [0.1, 0.15) is 19.3 Å². The number of carboxylic acids is 1. The molecule has 0 radical (unpaired) electrons. The van der Waals surface area contributed by atoms with Gasteiger partial charge in [-0.3, -0.25) is 9.59 Å². The molecule has 5 heteroatoms. The van der Waals surface area contributed by atoms with E-state index in [-0.39, 0.29) is 12.5 Å². The second-order valence-corrected chi connectivity index (χ2v) is 3.28. The Morgan fingerprint density at radius 2 is 2.36 bits per heavy atom. The minimum absolute atomic E-state index is 0.116. The van der Waals surface area contributed by atoms with Gasteiger partial charge in [-0.2, -0.15) is 0 Å². The first kappa shape index (κ1) is 11.0. The van der Waals surface area contributed by atoms with Gasteiger partial charge in [0.05, 0.1) is 13.2 Å². The fourth-order valence-electron chi connectivity index (χ4n) is 1.53. The van der Waals surface area contributed by atoms with Gasteiger partial charge < -0.3 is 14.6 Å². The van der Waals surface area contributed by atoms with Crippen LogP contribution in [0.2, 0.25) is 0 Å². The van der Waals surface area contributed by atoms with Crippen molar-refractivity contribution in [2.75, 3.05) is 13.7 Å². The Labute approximate surface area is 82.0 Å². The molecular formula is C9H14O5. The van der Waals surface area contributed by atoms with Crippen molar-refractivity contribution in [2.45, 2.75) is 25.4 Å². The van der Waals surface area contributed by atoms with E-state index in [1.165, 1.54) is 7.11 Å². The van der Waals surface area contributed by atoms with E-state index in [4.69, 9.17) is 9.84 Å². The van der Waals surface area contributed by atoms with Gasteiger partial charge in [-0.25, -0.2) is 0 Å². The standard InChI is InChI=1S/C9H14O5/c1-13-9(12)7(8(10)11)5-6-3-2-4-14-6/h6-7H,2-5H2,1H3,(H,10,11). The van der Waals surface area contributed by atoms with Crippen LogP contribution in [0.5, 0.6) is 0 Å². The average Bonchev–Trinajstić information content (AvgIpc) is 2.65. The summed E-state index contributed by atoms with van der Waals surface area (Å²) in [4.78, 5) is 21.8. The van der Waals surface area contributed by atoms with Crippen LogP contribution in [0, 0.1) is 5.92 Å². The lowest BCUT2D eigenvalue weighted by molar-refractivity contribution is -0.158. The lowest BCUT2D eigenvalue weighted by atomic mass is 10.0. The molecule has 0 spiro atoms. The number of hydrogen-bond acceptors (Lipinski definition) is 4. The Balaban J connectivity index is 2.50. The van der Waals surface area contributed by atoms with E-state index in [0.717, 1.165) is 12.8 Å². The van der Waals surface area contributed by atoms with Gasteiger partial charge in [-0.05, 0) is 19.3 Å². The van der Waals surface area contributed by atoms with Crippen LogP contribution in [-0.4, -0.2) is 36.9 Å². The zero-order valence-corrected chi connectivity index (χ0v) is 8.06. The zero-order valence-electron chi connectivity index (χ0n) is 8.06. The molecule has 1 fully saturated rings. The number of carboxylic acid groups (broad SMARTS) is 1. The highest BCUT2D eigenvalue weighted by Crippen LogP contribution is 2.20. The number of aliphatic carboxylic acids is 1. The van der Waals surface area contributed by atoms with Crippen LogP contribution >= 0.6 is 0 Å². The normalized spacial score (nSPS) is 23.1. The largest absolute Gasteiger partial charge is 0.481 e. The molecule has 1 heterocycles. The van der Waals surface area contributed by atoms with Crippen LogP contribution in [0.25, 0.3) is 0 Å². The fraction of sp³-hybridized carbons (Fsp3) is 0.778. The Kier molecular flexibility index (Phi) is 3.88. The molecule has 80 valence electrons. The smallest absolute Gasteiger partial charge is 0.320 e. The van der Waals surface area contributed by atoms with Crippen LogP contribution in [0.15, 0.2) is 0 Å². The summed E-state index contributed by atoms with van der Waals surface area (Å²) >= 11 is 0. The van der Waals surface area contributed by atoms with Gasteiger partial charge in [-0.1, -0.05) is 0 Å². The number of carbonyl (C=O) groups excluding carboxylic acids is 1. The lowest BCUT2D eigenvalue weighted by Crippen LogP contribution is -2.28. The maximum atomic E-state index is 11.1. The van der Waals surface area contributed by atoms with Gasteiger partial charge in [0, 0.05) is 6.61 Å². The molecule has 14 heavy (non-hydrogen) atoms. The van der Waals surface area contributed by atoms with Gasteiger partial charge in [0.1, 0.15) is 0 Å². The van der Waals surface area contributed by atoms with Crippen molar-refractivity contribution >= 4 is 11.9 Å². The molecule has 0 bridgehead atoms. The first-order chi connectivity index (χ1) is 6.65. The minimum Gasteiger partial charge on any atom is -0.481 e. The predicted molar refractivity (Wildman–Crippen MR) is 46.7 cm³/mol. The monoisotopic (exact) mass is 202 g/mol. The van der Waals surface area contributed by atoms with E-state index < -0.39 is 17.9 Å². The summed E-state index contributed by atoms with van der Waals surface area (Å²) in [5, 5.41) is 8.78. The Morgan fingerprint density at radius 1 is 1.64 bits per heavy atom. The van der Waals surface area contributed by atoms with Crippen molar-refractivity contribution in [3.05, 3.63) is 0 Å². The Bertz CT molecular complexity index is 219. The highest BCUT2D eigenvalue weighted by Gasteiger charge is 2.31. The second-order valence-electron chi connectivity index (χ2n) is 3.28.